The number of carbonyl (C=O) groups excluding carboxylic acids is 2. The summed E-state index contributed by atoms with van der Waals surface area (Å²) in [6.45, 7) is 0.440. The summed E-state index contributed by atoms with van der Waals surface area (Å²) >= 11 is 1.40. The van der Waals surface area contributed by atoms with Crippen LogP contribution < -0.4 is 10.1 Å². The van der Waals surface area contributed by atoms with Crippen molar-refractivity contribution in [2.24, 2.45) is 0 Å². The number of hydrogen-bond acceptors (Lipinski definition) is 4. The van der Waals surface area contributed by atoms with E-state index in [9.17, 15) is 9.59 Å². The fourth-order valence-corrected chi connectivity index (χ4v) is 5.25. The lowest BCUT2D eigenvalue weighted by Gasteiger charge is -2.33. The van der Waals surface area contributed by atoms with Crippen molar-refractivity contribution < 1.29 is 14.3 Å². The average Bonchev–Trinajstić information content (AvgIpc) is 3.43. The molecule has 1 aliphatic rings. The van der Waals surface area contributed by atoms with Crippen molar-refractivity contribution in [1.82, 2.24) is 10.2 Å². The predicted molar refractivity (Wildman–Crippen MR) is 136 cm³/mol. The van der Waals surface area contributed by atoms with Crippen LogP contribution in [-0.2, 0) is 11.2 Å². The van der Waals surface area contributed by atoms with Gasteiger partial charge in [-0.3, -0.25) is 9.59 Å². The Morgan fingerprint density at radius 2 is 1.74 bits per heavy atom. The molecule has 0 radical (unpaired) electrons. The third kappa shape index (κ3) is 6.06. The number of nitrogens with zero attached hydrogens (tertiary/aromatic N) is 1. The quantitative estimate of drug-likeness (QED) is 0.435. The van der Waals surface area contributed by atoms with Crippen molar-refractivity contribution in [3.63, 3.8) is 0 Å². The molecule has 4 rings (SSSR count). The molecule has 0 spiro atoms. The Kier molecular flexibility index (Phi) is 8.36. The minimum atomic E-state index is -0.717. The maximum atomic E-state index is 13.8. The van der Waals surface area contributed by atoms with Crippen LogP contribution in [0.2, 0.25) is 0 Å². The highest BCUT2D eigenvalue weighted by atomic mass is 32.1. The largest absolute Gasteiger partial charge is 0.497 e. The predicted octanol–water partition coefficient (Wildman–Crippen LogP) is 5.63. The lowest BCUT2D eigenvalue weighted by atomic mass is 9.94. The van der Waals surface area contributed by atoms with E-state index in [4.69, 9.17) is 4.74 Å². The normalized spacial score (nSPS) is 14.9. The number of methoxy groups -OCH3 is 1. The molecular formula is C28H32N2O3S. The molecule has 2 amide bonds. The summed E-state index contributed by atoms with van der Waals surface area (Å²) in [6, 6.07) is 20.7. The molecule has 0 unspecified atom stereocenters. The fraction of sp³-hybridized carbons (Fsp3) is 0.357. The van der Waals surface area contributed by atoms with E-state index < -0.39 is 6.04 Å². The van der Waals surface area contributed by atoms with Crippen molar-refractivity contribution in [1.29, 1.82) is 0 Å². The molecular weight excluding hydrogens is 444 g/mol. The number of rotatable bonds is 9. The number of thiophene rings is 1. The fourth-order valence-electron chi connectivity index (χ4n) is 4.57. The average molecular weight is 477 g/mol. The number of carbonyl (C=O) groups is 2. The van der Waals surface area contributed by atoms with Gasteiger partial charge in [-0.1, -0.05) is 67.8 Å². The number of nitrogens with one attached hydrogen (secondary N) is 1. The van der Waals surface area contributed by atoms with Gasteiger partial charge in [0, 0.05) is 12.6 Å². The SMILES string of the molecule is COc1ccc([C@H](C(=O)NC2CCCCC2)N(CCc2ccccc2)C(=O)c2cccs2)cc1. The summed E-state index contributed by atoms with van der Waals surface area (Å²) < 4.78 is 5.32. The van der Waals surface area contributed by atoms with Gasteiger partial charge < -0.3 is 15.0 Å². The van der Waals surface area contributed by atoms with Gasteiger partial charge in [0.1, 0.15) is 11.8 Å². The van der Waals surface area contributed by atoms with E-state index in [0.29, 0.717) is 17.8 Å². The lowest BCUT2D eigenvalue weighted by Crippen LogP contribution is -2.47. The Labute approximate surface area is 205 Å². The molecule has 1 fully saturated rings. The molecule has 1 saturated carbocycles. The Balaban J connectivity index is 1.67. The Hall–Kier alpha value is -3.12. The summed E-state index contributed by atoms with van der Waals surface area (Å²) in [5, 5.41) is 5.16. The molecule has 34 heavy (non-hydrogen) atoms. The van der Waals surface area contributed by atoms with Gasteiger partial charge in [0.15, 0.2) is 0 Å². The van der Waals surface area contributed by atoms with Gasteiger partial charge in [0.2, 0.25) is 5.91 Å². The second-order valence-corrected chi connectivity index (χ2v) is 9.68. The molecule has 2 aromatic carbocycles. The molecule has 5 nitrogen and oxygen atoms in total. The van der Waals surface area contributed by atoms with E-state index in [1.807, 2.05) is 60.0 Å². The van der Waals surface area contributed by atoms with Crippen LogP contribution in [0.25, 0.3) is 0 Å². The first-order chi connectivity index (χ1) is 16.7. The second-order valence-electron chi connectivity index (χ2n) is 8.73. The van der Waals surface area contributed by atoms with Crippen LogP contribution in [0.4, 0.5) is 0 Å². The molecule has 1 atom stereocenters. The zero-order valence-corrected chi connectivity index (χ0v) is 20.4. The smallest absolute Gasteiger partial charge is 0.264 e. The minimum absolute atomic E-state index is 0.116. The number of benzene rings is 2. The third-order valence-electron chi connectivity index (χ3n) is 6.42. The highest BCUT2D eigenvalue weighted by Gasteiger charge is 2.33. The van der Waals surface area contributed by atoms with Gasteiger partial charge in [0.05, 0.1) is 12.0 Å². The van der Waals surface area contributed by atoms with Crippen LogP contribution >= 0.6 is 11.3 Å². The summed E-state index contributed by atoms with van der Waals surface area (Å²) in [5.74, 6) is 0.483. The third-order valence-corrected chi connectivity index (χ3v) is 7.28. The molecule has 1 aliphatic carbocycles. The maximum absolute atomic E-state index is 13.8. The van der Waals surface area contributed by atoms with Crippen molar-refractivity contribution in [2.45, 2.75) is 50.6 Å². The number of hydrogen-bond donors (Lipinski definition) is 1. The summed E-state index contributed by atoms with van der Waals surface area (Å²) in [6.07, 6.45) is 6.12. The molecule has 3 aromatic rings. The van der Waals surface area contributed by atoms with Crippen LogP contribution in [-0.4, -0.2) is 36.4 Å². The van der Waals surface area contributed by atoms with E-state index in [-0.39, 0.29) is 17.9 Å². The van der Waals surface area contributed by atoms with Crippen molar-refractivity contribution in [3.8, 4) is 5.75 Å². The molecule has 0 bridgehead atoms. The standard InChI is InChI=1S/C28H32N2O3S/c1-33-24-16-14-22(15-17-24)26(27(31)29-23-11-6-3-7-12-23)30(28(32)25-13-8-20-34-25)19-18-21-9-4-2-5-10-21/h2,4-5,8-10,13-17,20,23,26H,3,6-7,11-12,18-19H2,1H3,(H,29,31)/t26-/m1/s1. The summed E-state index contributed by atoms with van der Waals surface area (Å²) in [5.41, 5.74) is 1.92. The minimum Gasteiger partial charge on any atom is -0.497 e. The van der Waals surface area contributed by atoms with E-state index in [1.54, 1.807) is 12.0 Å². The number of ether oxygens (including phenoxy) is 1. The highest BCUT2D eigenvalue weighted by Crippen LogP contribution is 2.28. The summed E-state index contributed by atoms with van der Waals surface area (Å²) in [4.78, 5) is 29.8. The molecule has 0 aliphatic heterocycles. The Morgan fingerprint density at radius 1 is 1.00 bits per heavy atom. The summed E-state index contributed by atoms with van der Waals surface area (Å²) in [7, 11) is 1.62. The monoisotopic (exact) mass is 476 g/mol. The zero-order chi connectivity index (χ0) is 23.8. The van der Waals surface area contributed by atoms with Crippen molar-refractivity contribution in [3.05, 3.63) is 88.1 Å². The van der Waals surface area contributed by atoms with E-state index >= 15 is 0 Å². The van der Waals surface area contributed by atoms with Crippen LogP contribution in [0.1, 0.15) is 58.9 Å². The molecule has 1 aromatic heterocycles. The van der Waals surface area contributed by atoms with E-state index in [1.165, 1.54) is 17.8 Å². The van der Waals surface area contributed by atoms with Crippen LogP contribution in [0.15, 0.2) is 72.1 Å². The Morgan fingerprint density at radius 3 is 2.38 bits per heavy atom. The maximum Gasteiger partial charge on any atom is 0.264 e. The second kappa shape index (κ2) is 11.8. The first kappa shape index (κ1) is 24.0. The van der Waals surface area contributed by atoms with Crippen molar-refractivity contribution in [2.75, 3.05) is 13.7 Å². The molecule has 0 saturated heterocycles. The van der Waals surface area contributed by atoms with Crippen LogP contribution in [0.3, 0.4) is 0 Å². The number of amides is 2. The lowest BCUT2D eigenvalue weighted by molar-refractivity contribution is -0.126. The van der Waals surface area contributed by atoms with Gasteiger partial charge in [-0.05, 0) is 54.0 Å². The van der Waals surface area contributed by atoms with Crippen LogP contribution in [0, 0.1) is 0 Å². The Bertz CT molecular complexity index is 1050. The van der Waals surface area contributed by atoms with Crippen molar-refractivity contribution >= 4 is 23.2 Å². The van der Waals surface area contributed by atoms with Gasteiger partial charge in [0.25, 0.3) is 5.91 Å². The topological polar surface area (TPSA) is 58.6 Å². The highest BCUT2D eigenvalue weighted by molar-refractivity contribution is 7.12. The molecule has 6 heteroatoms. The molecule has 1 heterocycles. The molecule has 1 N–H and O–H groups in total. The van der Waals surface area contributed by atoms with Gasteiger partial charge in [-0.15, -0.1) is 11.3 Å². The zero-order valence-electron chi connectivity index (χ0n) is 19.6. The van der Waals surface area contributed by atoms with Gasteiger partial charge in [-0.2, -0.15) is 0 Å². The first-order valence-electron chi connectivity index (χ1n) is 12.0. The van der Waals surface area contributed by atoms with Gasteiger partial charge >= 0.3 is 0 Å². The first-order valence-corrected chi connectivity index (χ1v) is 12.9. The van der Waals surface area contributed by atoms with E-state index in [0.717, 1.165) is 42.6 Å². The molecule has 178 valence electrons. The van der Waals surface area contributed by atoms with E-state index in [2.05, 4.69) is 17.4 Å². The van der Waals surface area contributed by atoms with Crippen LogP contribution in [0.5, 0.6) is 5.75 Å². The van der Waals surface area contributed by atoms with Gasteiger partial charge in [-0.25, -0.2) is 0 Å².